The summed E-state index contributed by atoms with van der Waals surface area (Å²) in [5.74, 6) is -0.461. The van der Waals surface area contributed by atoms with Crippen LogP contribution in [0.25, 0.3) is 0 Å². The minimum atomic E-state index is -0.461. The molecule has 0 bridgehead atoms. The van der Waals surface area contributed by atoms with E-state index in [0.29, 0.717) is 17.1 Å². The summed E-state index contributed by atoms with van der Waals surface area (Å²) in [6, 6.07) is 7.32. The summed E-state index contributed by atoms with van der Waals surface area (Å²) < 4.78 is 0. The Labute approximate surface area is 127 Å². The van der Waals surface area contributed by atoms with Crippen LogP contribution in [0, 0.1) is 0 Å². The average molecular weight is 309 g/mol. The van der Waals surface area contributed by atoms with Gasteiger partial charge >= 0.3 is 0 Å². The second-order valence-corrected chi connectivity index (χ2v) is 5.90. The van der Waals surface area contributed by atoms with Gasteiger partial charge in [-0.2, -0.15) is 0 Å². The van der Waals surface area contributed by atoms with E-state index in [1.807, 2.05) is 6.07 Å². The predicted octanol–water partition coefficient (Wildman–Crippen LogP) is 3.35. The summed E-state index contributed by atoms with van der Waals surface area (Å²) in [4.78, 5) is 12.4. The van der Waals surface area contributed by atoms with E-state index in [9.17, 15) is 4.79 Å². The molecule has 106 valence electrons. The van der Waals surface area contributed by atoms with Crippen molar-refractivity contribution >= 4 is 28.8 Å². The second kappa shape index (κ2) is 6.88. The molecular weight excluding hydrogens is 292 g/mol. The summed E-state index contributed by atoms with van der Waals surface area (Å²) in [6.45, 7) is 3.65. The van der Waals surface area contributed by atoms with Gasteiger partial charge in [0.05, 0.1) is 0 Å². The van der Waals surface area contributed by atoms with Gasteiger partial charge in [-0.3, -0.25) is 4.79 Å². The number of halogens is 1. The van der Waals surface area contributed by atoms with E-state index in [0.717, 1.165) is 18.5 Å². The molecule has 1 heterocycles. The number of amides is 1. The number of rotatable bonds is 6. The van der Waals surface area contributed by atoms with Crippen molar-refractivity contribution in [3.8, 4) is 0 Å². The Morgan fingerprint density at radius 2 is 2.10 bits per heavy atom. The van der Waals surface area contributed by atoms with E-state index in [-0.39, 0.29) is 0 Å². The molecule has 1 aromatic heterocycles. The van der Waals surface area contributed by atoms with Crippen LogP contribution in [-0.4, -0.2) is 5.91 Å². The molecule has 0 aliphatic rings. The largest absolute Gasteiger partial charge is 0.366 e. The lowest BCUT2D eigenvalue weighted by atomic mass is 10.1. The molecule has 2 rings (SSSR count). The number of benzene rings is 1. The summed E-state index contributed by atoms with van der Waals surface area (Å²) in [5.41, 5.74) is 8.00. The predicted molar refractivity (Wildman–Crippen MR) is 84.2 cm³/mol. The number of thiophene rings is 1. The quantitative estimate of drug-likeness (QED) is 0.860. The Bertz CT molecular complexity index is 610. The first-order valence-corrected chi connectivity index (χ1v) is 7.71. The number of nitrogens with two attached hydrogens (primary N) is 1. The van der Waals surface area contributed by atoms with Crippen molar-refractivity contribution in [3.05, 3.63) is 56.2 Å². The molecule has 5 heteroatoms. The molecule has 0 radical (unpaired) electrons. The highest BCUT2D eigenvalue weighted by molar-refractivity contribution is 7.10. The summed E-state index contributed by atoms with van der Waals surface area (Å²) in [5, 5.41) is 6.06. The number of carbonyl (C=O) groups excluding carboxylic acids is 1. The third kappa shape index (κ3) is 3.60. The molecule has 0 saturated heterocycles. The first kappa shape index (κ1) is 15.0. The minimum Gasteiger partial charge on any atom is -0.366 e. The molecule has 0 aliphatic heterocycles. The Morgan fingerprint density at radius 1 is 1.30 bits per heavy atom. The van der Waals surface area contributed by atoms with Crippen molar-refractivity contribution < 1.29 is 4.79 Å². The lowest BCUT2D eigenvalue weighted by Gasteiger charge is -2.08. The topological polar surface area (TPSA) is 55.1 Å². The first-order chi connectivity index (χ1) is 9.61. The van der Waals surface area contributed by atoms with Gasteiger partial charge in [0.25, 0.3) is 0 Å². The van der Waals surface area contributed by atoms with E-state index in [1.165, 1.54) is 10.4 Å². The molecule has 0 aliphatic carbocycles. The smallest absolute Gasteiger partial charge is 0.248 e. The van der Waals surface area contributed by atoms with Gasteiger partial charge in [-0.25, -0.2) is 0 Å². The molecule has 0 fully saturated rings. The molecule has 0 atom stereocenters. The van der Waals surface area contributed by atoms with Crippen molar-refractivity contribution in [1.29, 1.82) is 0 Å². The van der Waals surface area contributed by atoms with Crippen molar-refractivity contribution in [3.63, 3.8) is 0 Å². The fraction of sp³-hybridized carbons (Fsp3) is 0.267. The molecule has 20 heavy (non-hydrogen) atoms. The maximum Gasteiger partial charge on any atom is 0.248 e. The lowest BCUT2D eigenvalue weighted by molar-refractivity contribution is 0.100. The summed E-state index contributed by atoms with van der Waals surface area (Å²) in [7, 11) is 0. The summed E-state index contributed by atoms with van der Waals surface area (Å²) in [6.07, 6.45) is 1.05. The van der Waals surface area contributed by atoms with E-state index in [1.54, 1.807) is 23.5 Å². The standard InChI is InChI=1S/C15H17ClN2OS/c1-2-10-5-6-20-14(10)9-18-8-12-4-3-11(15(17)19)7-13(12)16/h3-7,18H,2,8-9H2,1H3,(H2,17,19). The van der Waals surface area contributed by atoms with Crippen LogP contribution in [0.3, 0.4) is 0 Å². The van der Waals surface area contributed by atoms with Crippen molar-refractivity contribution in [2.75, 3.05) is 0 Å². The van der Waals surface area contributed by atoms with Crippen LogP contribution in [0.15, 0.2) is 29.6 Å². The molecule has 0 spiro atoms. The Balaban J connectivity index is 1.96. The van der Waals surface area contributed by atoms with Crippen LogP contribution in [0.1, 0.15) is 33.3 Å². The molecule has 0 unspecified atom stereocenters. The Hall–Kier alpha value is -1.36. The van der Waals surface area contributed by atoms with E-state index in [2.05, 4.69) is 23.7 Å². The van der Waals surface area contributed by atoms with Crippen LogP contribution >= 0.6 is 22.9 Å². The number of nitrogens with one attached hydrogen (secondary N) is 1. The normalized spacial score (nSPS) is 10.7. The third-order valence-corrected chi connectivity index (χ3v) is 4.47. The van der Waals surface area contributed by atoms with Gasteiger partial charge < -0.3 is 11.1 Å². The van der Waals surface area contributed by atoms with Crippen molar-refractivity contribution in [2.24, 2.45) is 5.73 Å². The van der Waals surface area contributed by atoms with E-state index < -0.39 is 5.91 Å². The Morgan fingerprint density at radius 3 is 2.75 bits per heavy atom. The third-order valence-electron chi connectivity index (χ3n) is 3.16. The zero-order valence-electron chi connectivity index (χ0n) is 11.3. The number of carbonyl (C=O) groups is 1. The molecule has 3 N–H and O–H groups in total. The van der Waals surface area contributed by atoms with Crippen LogP contribution in [0.5, 0.6) is 0 Å². The monoisotopic (exact) mass is 308 g/mol. The van der Waals surface area contributed by atoms with Gasteiger partial charge in [-0.1, -0.05) is 24.6 Å². The van der Waals surface area contributed by atoms with E-state index in [4.69, 9.17) is 17.3 Å². The van der Waals surface area contributed by atoms with E-state index >= 15 is 0 Å². The number of aryl methyl sites for hydroxylation is 1. The second-order valence-electron chi connectivity index (χ2n) is 4.50. The SMILES string of the molecule is CCc1ccsc1CNCc1ccc(C(N)=O)cc1Cl. The fourth-order valence-corrected chi connectivity index (χ4v) is 3.18. The number of hydrogen-bond donors (Lipinski definition) is 2. The molecular formula is C15H17ClN2OS. The van der Waals surface area contributed by atoms with Gasteiger partial charge in [-0.15, -0.1) is 11.3 Å². The van der Waals surface area contributed by atoms with Gasteiger partial charge in [0.1, 0.15) is 0 Å². The van der Waals surface area contributed by atoms with Gasteiger partial charge in [-0.05, 0) is 41.1 Å². The highest BCUT2D eigenvalue weighted by Crippen LogP contribution is 2.19. The molecule has 2 aromatic rings. The molecule has 1 aromatic carbocycles. The number of primary amides is 1. The zero-order chi connectivity index (χ0) is 14.5. The minimum absolute atomic E-state index is 0.435. The van der Waals surface area contributed by atoms with Crippen LogP contribution in [0.4, 0.5) is 0 Å². The molecule has 3 nitrogen and oxygen atoms in total. The molecule has 1 amide bonds. The fourth-order valence-electron chi connectivity index (χ4n) is 1.99. The molecule has 0 saturated carbocycles. The average Bonchev–Trinajstić information content (AvgIpc) is 2.87. The Kier molecular flexibility index (Phi) is 5.17. The van der Waals surface area contributed by atoms with Gasteiger partial charge in [0.2, 0.25) is 5.91 Å². The number of hydrogen-bond acceptors (Lipinski definition) is 3. The van der Waals surface area contributed by atoms with Gasteiger partial charge in [0.15, 0.2) is 0 Å². The zero-order valence-corrected chi connectivity index (χ0v) is 12.9. The maximum atomic E-state index is 11.1. The van der Waals surface area contributed by atoms with Crippen LogP contribution < -0.4 is 11.1 Å². The maximum absolute atomic E-state index is 11.1. The van der Waals surface area contributed by atoms with Crippen molar-refractivity contribution in [2.45, 2.75) is 26.4 Å². The highest BCUT2D eigenvalue weighted by atomic mass is 35.5. The first-order valence-electron chi connectivity index (χ1n) is 6.46. The lowest BCUT2D eigenvalue weighted by Crippen LogP contribution is -2.14. The highest BCUT2D eigenvalue weighted by Gasteiger charge is 2.06. The summed E-state index contributed by atoms with van der Waals surface area (Å²) >= 11 is 7.91. The van der Waals surface area contributed by atoms with Crippen LogP contribution in [-0.2, 0) is 19.5 Å². The van der Waals surface area contributed by atoms with Crippen LogP contribution in [0.2, 0.25) is 5.02 Å². The van der Waals surface area contributed by atoms with Crippen molar-refractivity contribution in [1.82, 2.24) is 5.32 Å². The van der Waals surface area contributed by atoms with Gasteiger partial charge in [0, 0.05) is 28.6 Å².